The van der Waals surface area contributed by atoms with Gasteiger partial charge in [0.05, 0.1) is 0 Å². The number of benzene rings is 1. The van der Waals surface area contributed by atoms with Gasteiger partial charge in [-0.1, -0.05) is 31.1 Å². The van der Waals surface area contributed by atoms with Crippen LogP contribution in [0.25, 0.3) is 0 Å². The van der Waals surface area contributed by atoms with Crippen molar-refractivity contribution in [3.8, 4) is 11.8 Å². The summed E-state index contributed by atoms with van der Waals surface area (Å²) in [5.74, 6) is 11.6. The summed E-state index contributed by atoms with van der Waals surface area (Å²) >= 11 is 0. The van der Waals surface area contributed by atoms with Crippen LogP contribution < -0.4 is 11.2 Å². The molecule has 0 saturated carbocycles. The number of nitrogens with one attached hydrogen (secondary N) is 1. The molecular formula is C19H23N3O2. The number of nitrogens with two attached hydrogens (primary N) is 1. The Balaban J connectivity index is 2.16. The number of nitrogens with zero attached hydrogens (tertiary/aromatic N) is 1. The predicted octanol–water partition coefficient (Wildman–Crippen LogP) is 2.57. The first-order valence-electron chi connectivity index (χ1n) is 7.88. The van der Waals surface area contributed by atoms with E-state index in [2.05, 4.69) is 24.1 Å². The maximum Gasteiger partial charge on any atom is 0.305 e. The lowest BCUT2D eigenvalue weighted by Gasteiger charge is -2.31. The standard InChI is InChI=1S/C19H23N3O2/c1-4-16-7-9-17(10-8-16)21-18(24-15(2)23)11-13-19(3)12-5-6-14-22(19)20/h5-10,12,14,18,21H,4,20H2,1-3H3. The Kier molecular flexibility index (Phi) is 5.67. The van der Waals surface area contributed by atoms with Gasteiger partial charge in [-0.2, -0.15) is 0 Å². The lowest BCUT2D eigenvalue weighted by atomic mass is 10.00. The monoisotopic (exact) mass is 325 g/mol. The average molecular weight is 325 g/mol. The first-order chi connectivity index (χ1) is 11.4. The molecule has 24 heavy (non-hydrogen) atoms. The smallest absolute Gasteiger partial charge is 0.305 e. The van der Waals surface area contributed by atoms with Crippen LogP contribution in [0.2, 0.25) is 0 Å². The van der Waals surface area contributed by atoms with Crippen LogP contribution in [0.1, 0.15) is 26.3 Å². The molecule has 5 nitrogen and oxygen atoms in total. The molecule has 0 aromatic heterocycles. The summed E-state index contributed by atoms with van der Waals surface area (Å²) in [5, 5.41) is 4.63. The molecule has 2 atom stereocenters. The zero-order valence-electron chi connectivity index (χ0n) is 14.2. The topological polar surface area (TPSA) is 67.6 Å². The van der Waals surface area contributed by atoms with E-state index >= 15 is 0 Å². The third-order valence-corrected chi connectivity index (χ3v) is 3.72. The van der Waals surface area contributed by atoms with E-state index < -0.39 is 17.7 Å². The fourth-order valence-electron chi connectivity index (χ4n) is 2.19. The van der Waals surface area contributed by atoms with Gasteiger partial charge in [-0.15, -0.1) is 0 Å². The molecule has 0 aliphatic carbocycles. The maximum absolute atomic E-state index is 11.3. The third-order valence-electron chi connectivity index (χ3n) is 3.72. The van der Waals surface area contributed by atoms with E-state index in [1.165, 1.54) is 17.5 Å². The SMILES string of the molecule is CCc1ccc(NC(C#CC2(C)C=CC=CN2N)OC(C)=O)cc1. The van der Waals surface area contributed by atoms with Crippen molar-refractivity contribution in [1.82, 2.24) is 5.01 Å². The van der Waals surface area contributed by atoms with Crippen molar-refractivity contribution in [2.24, 2.45) is 5.84 Å². The molecule has 1 aromatic carbocycles. The fourth-order valence-corrected chi connectivity index (χ4v) is 2.19. The van der Waals surface area contributed by atoms with Crippen LogP contribution >= 0.6 is 0 Å². The van der Waals surface area contributed by atoms with Gasteiger partial charge >= 0.3 is 5.97 Å². The molecular weight excluding hydrogens is 302 g/mol. The van der Waals surface area contributed by atoms with E-state index in [1.807, 2.05) is 49.4 Å². The molecule has 0 amide bonds. The van der Waals surface area contributed by atoms with Crippen LogP contribution in [0.3, 0.4) is 0 Å². The molecule has 1 aromatic rings. The van der Waals surface area contributed by atoms with Gasteiger partial charge in [0, 0.05) is 18.8 Å². The number of hydrogen-bond donors (Lipinski definition) is 2. The Labute approximate surface area is 143 Å². The molecule has 2 unspecified atom stereocenters. The second-order valence-corrected chi connectivity index (χ2v) is 5.71. The number of esters is 1. The number of ether oxygens (including phenoxy) is 1. The molecule has 0 saturated heterocycles. The highest BCUT2D eigenvalue weighted by molar-refractivity contribution is 5.67. The van der Waals surface area contributed by atoms with E-state index in [0.29, 0.717) is 0 Å². The van der Waals surface area contributed by atoms with Gasteiger partial charge < -0.3 is 10.1 Å². The number of aryl methyl sites for hydroxylation is 1. The second-order valence-electron chi connectivity index (χ2n) is 5.71. The van der Waals surface area contributed by atoms with Crippen molar-refractivity contribution >= 4 is 11.7 Å². The van der Waals surface area contributed by atoms with E-state index in [1.54, 1.807) is 6.20 Å². The molecule has 1 heterocycles. The molecule has 126 valence electrons. The van der Waals surface area contributed by atoms with E-state index in [0.717, 1.165) is 12.1 Å². The minimum Gasteiger partial charge on any atom is -0.430 e. The highest BCUT2D eigenvalue weighted by atomic mass is 16.6. The molecule has 1 aliphatic heterocycles. The average Bonchev–Trinajstić information content (AvgIpc) is 2.56. The summed E-state index contributed by atoms with van der Waals surface area (Å²) in [6.45, 7) is 5.35. The minimum atomic E-state index is -0.750. The summed E-state index contributed by atoms with van der Waals surface area (Å²) in [7, 11) is 0. The van der Waals surface area contributed by atoms with Crippen molar-refractivity contribution in [1.29, 1.82) is 0 Å². The van der Waals surface area contributed by atoms with Crippen LogP contribution in [-0.2, 0) is 16.0 Å². The minimum absolute atomic E-state index is 0.402. The molecule has 5 heteroatoms. The number of rotatable bonds is 4. The van der Waals surface area contributed by atoms with Crippen molar-refractivity contribution in [2.45, 2.75) is 39.0 Å². The zero-order chi connectivity index (χ0) is 17.6. The first kappa shape index (κ1) is 17.6. The second kappa shape index (κ2) is 7.71. The van der Waals surface area contributed by atoms with E-state index in [4.69, 9.17) is 10.6 Å². The van der Waals surface area contributed by atoms with Crippen molar-refractivity contribution in [3.63, 3.8) is 0 Å². The fraction of sp³-hybridized carbons (Fsp3) is 0.316. The molecule has 0 radical (unpaired) electrons. The third kappa shape index (κ3) is 4.64. The largest absolute Gasteiger partial charge is 0.430 e. The van der Waals surface area contributed by atoms with E-state index in [9.17, 15) is 4.79 Å². The number of carbonyl (C=O) groups excluding carboxylic acids is 1. The number of allylic oxidation sites excluding steroid dienone is 2. The highest BCUT2D eigenvalue weighted by Gasteiger charge is 2.24. The van der Waals surface area contributed by atoms with Crippen LogP contribution in [0.15, 0.2) is 48.7 Å². The molecule has 1 aliphatic rings. The Morgan fingerprint density at radius 2 is 2.08 bits per heavy atom. The van der Waals surface area contributed by atoms with Crippen molar-refractivity contribution in [2.75, 3.05) is 5.32 Å². The van der Waals surface area contributed by atoms with Gasteiger partial charge in [-0.3, -0.25) is 9.80 Å². The van der Waals surface area contributed by atoms with Gasteiger partial charge in [0.2, 0.25) is 6.23 Å². The lowest BCUT2D eigenvalue weighted by molar-refractivity contribution is -0.142. The van der Waals surface area contributed by atoms with Crippen LogP contribution in [0.5, 0.6) is 0 Å². The first-order valence-corrected chi connectivity index (χ1v) is 7.88. The summed E-state index contributed by atoms with van der Waals surface area (Å²) in [6, 6.07) is 7.94. The Morgan fingerprint density at radius 1 is 1.38 bits per heavy atom. The molecule has 0 bridgehead atoms. The predicted molar refractivity (Wildman–Crippen MR) is 95.5 cm³/mol. The van der Waals surface area contributed by atoms with Crippen LogP contribution in [0.4, 0.5) is 5.69 Å². The quantitative estimate of drug-likeness (QED) is 0.385. The summed E-state index contributed by atoms with van der Waals surface area (Å²) < 4.78 is 5.26. The van der Waals surface area contributed by atoms with Crippen LogP contribution in [0, 0.1) is 11.8 Å². The van der Waals surface area contributed by atoms with Crippen molar-refractivity contribution in [3.05, 3.63) is 54.3 Å². The van der Waals surface area contributed by atoms with Gasteiger partial charge in [0.15, 0.2) is 0 Å². The van der Waals surface area contributed by atoms with Gasteiger partial charge in [0.1, 0.15) is 5.54 Å². The Bertz CT molecular complexity index is 698. The number of carbonyl (C=O) groups is 1. The lowest BCUT2D eigenvalue weighted by Crippen LogP contribution is -2.46. The van der Waals surface area contributed by atoms with Crippen LogP contribution in [-0.4, -0.2) is 22.7 Å². The van der Waals surface area contributed by atoms with Gasteiger partial charge in [-0.25, -0.2) is 5.84 Å². The summed E-state index contributed by atoms with van der Waals surface area (Å²) in [5.41, 5.74) is 1.42. The summed E-state index contributed by atoms with van der Waals surface area (Å²) in [4.78, 5) is 11.3. The Morgan fingerprint density at radius 3 is 2.67 bits per heavy atom. The molecule has 2 rings (SSSR count). The number of hydrazine groups is 1. The maximum atomic E-state index is 11.3. The molecule has 3 N–H and O–H groups in total. The molecule has 0 fully saturated rings. The normalized spacial score (nSPS) is 20.1. The van der Waals surface area contributed by atoms with Gasteiger partial charge in [-0.05, 0) is 49.1 Å². The number of anilines is 1. The highest BCUT2D eigenvalue weighted by Crippen LogP contribution is 2.17. The zero-order valence-corrected chi connectivity index (χ0v) is 14.2. The summed E-state index contributed by atoms with van der Waals surface area (Å²) in [6.07, 6.45) is 7.57. The van der Waals surface area contributed by atoms with E-state index in [-0.39, 0.29) is 0 Å². The molecule has 0 spiro atoms. The van der Waals surface area contributed by atoms with Gasteiger partial charge in [0.25, 0.3) is 0 Å². The Hall–Kier alpha value is -2.71. The van der Waals surface area contributed by atoms with Crippen molar-refractivity contribution < 1.29 is 9.53 Å². The number of hydrogen-bond acceptors (Lipinski definition) is 5.